The fraction of sp³-hybridized carbons (Fsp3) is 0.0588. The summed E-state index contributed by atoms with van der Waals surface area (Å²) in [5, 5.41) is 20.3. The lowest BCUT2D eigenvalue weighted by Crippen LogP contribution is -2.19. The maximum Gasteiger partial charge on any atom is 0.324 e. The number of nitrogens with one attached hydrogen (secondary N) is 2. The fourth-order valence-electron chi connectivity index (χ4n) is 2.42. The molecule has 1 heterocycles. The number of hydrogen-bond donors (Lipinski definition) is 2. The van der Waals surface area contributed by atoms with Crippen LogP contribution in [0.3, 0.4) is 0 Å². The number of nitrogens with zero attached hydrogens (tertiary/aromatic N) is 3. The van der Waals surface area contributed by atoms with Gasteiger partial charge in [0.1, 0.15) is 5.02 Å². The number of rotatable bonds is 4. The van der Waals surface area contributed by atoms with Gasteiger partial charge in [-0.05, 0) is 17.7 Å². The molecule has 0 bridgehead atoms. The SMILES string of the molecule is Cn1nc(NC(=O)Nc2ccc(Cl)c([N+](=O)[O-])c2)cc1-c1ccccc1. The van der Waals surface area contributed by atoms with E-state index in [1.807, 2.05) is 30.3 Å². The zero-order chi connectivity index (χ0) is 18.7. The number of carbonyl (C=O) groups excluding carboxylic acids is 1. The van der Waals surface area contributed by atoms with Gasteiger partial charge < -0.3 is 5.32 Å². The minimum atomic E-state index is -0.615. The number of halogens is 1. The van der Waals surface area contributed by atoms with Gasteiger partial charge in [-0.1, -0.05) is 41.9 Å². The topological polar surface area (TPSA) is 102 Å². The number of anilines is 2. The van der Waals surface area contributed by atoms with E-state index in [4.69, 9.17) is 11.6 Å². The first-order valence-electron chi connectivity index (χ1n) is 7.55. The van der Waals surface area contributed by atoms with E-state index in [1.165, 1.54) is 18.2 Å². The van der Waals surface area contributed by atoms with E-state index in [1.54, 1.807) is 17.8 Å². The van der Waals surface area contributed by atoms with Crippen molar-refractivity contribution in [1.82, 2.24) is 9.78 Å². The van der Waals surface area contributed by atoms with Crippen molar-refractivity contribution in [3.05, 3.63) is 69.7 Å². The quantitative estimate of drug-likeness (QED) is 0.527. The Labute approximate surface area is 153 Å². The molecule has 2 N–H and O–H groups in total. The number of nitro groups is 1. The van der Waals surface area contributed by atoms with Gasteiger partial charge in [0.05, 0.1) is 10.6 Å². The molecule has 0 aliphatic heterocycles. The summed E-state index contributed by atoms with van der Waals surface area (Å²) < 4.78 is 1.65. The Balaban J connectivity index is 1.73. The summed E-state index contributed by atoms with van der Waals surface area (Å²) in [6.07, 6.45) is 0. The zero-order valence-electron chi connectivity index (χ0n) is 13.6. The molecule has 8 nitrogen and oxygen atoms in total. The molecule has 0 saturated carbocycles. The highest BCUT2D eigenvalue weighted by atomic mass is 35.5. The summed E-state index contributed by atoms with van der Waals surface area (Å²) in [5.41, 5.74) is 1.76. The van der Waals surface area contributed by atoms with E-state index in [0.29, 0.717) is 5.82 Å². The van der Waals surface area contributed by atoms with Crippen LogP contribution in [0.15, 0.2) is 54.6 Å². The fourth-order valence-corrected chi connectivity index (χ4v) is 2.60. The summed E-state index contributed by atoms with van der Waals surface area (Å²) in [4.78, 5) is 22.4. The van der Waals surface area contributed by atoms with Gasteiger partial charge in [0.15, 0.2) is 5.82 Å². The van der Waals surface area contributed by atoms with Crippen LogP contribution in [-0.4, -0.2) is 20.7 Å². The summed E-state index contributed by atoms with van der Waals surface area (Å²) in [5.74, 6) is 0.354. The molecule has 2 aromatic carbocycles. The summed E-state index contributed by atoms with van der Waals surface area (Å²) in [6, 6.07) is 14.8. The number of nitro benzene ring substituents is 1. The van der Waals surface area contributed by atoms with E-state index in [-0.39, 0.29) is 16.4 Å². The van der Waals surface area contributed by atoms with Crippen molar-refractivity contribution in [2.45, 2.75) is 0 Å². The minimum absolute atomic E-state index is 0.00168. The van der Waals surface area contributed by atoms with Crippen molar-refractivity contribution in [3.63, 3.8) is 0 Å². The summed E-state index contributed by atoms with van der Waals surface area (Å²) in [6.45, 7) is 0. The van der Waals surface area contributed by atoms with Crippen LogP contribution in [0.2, 0.25) is 5.02 Å². The molecule has 0 radical (unpaired) electrons. The van der Waals surface area contributed by atoms with E-state index < -0.39 is 11.0 Å². The standard InChI is InChI=1S/C17H14ClN5O3/c1-22-14(11-5-3-2-4-6-11)10-16(21-22)20-17(24)19-12-7-8-13(18)15(9-12)23(25)26/h2-10H,1H3,(H2,19,20,21,24). The van der Waals surface area contributed by atoms with Crippen LogP contribution in [0.5, 0.6) is 0 Å². The molecular weight excluding hydrogens is 358 g/mol. The van der Waals surface area contributed by atoms with Gasteiger partial charge in [-0.15, -0.1) is 0 Å². The second-order valence-electron chi connectivity index (χ2n) is 5.41. The summed E-state index contributed by atoms with van der Waals surface area (Å²) >= 11 is 5.75. The molecule has 1 aromatic heterocycles. The molecule has 3 aromatic rings. The number of aromatic nitrogens is 2. The van der Waals surface area contributed by atoms with Crippen molar-refractivity contribution in [1.29, 1.82) is 0 Å². The Morgan fingerprint density at radius 2 is 1.88 bits per heavy atom. The smallest absolute Gasteiger partial charge is 0.307 e. The predicted molar refractivity (Wildman–Crippen MR) is 99.4 cm³/mol. The van der Waals surface area contributed by atoms with E-state index >= 15 is 0 Å². The van der Waals surface area contributed by atoms with E-state index in [2.05, 4.69) is 15.7 Å². The zero-order valence-corrected chi connectivity index (χ0v) is 14.4. The Bertz CT molecular complexity index is 972. The van der Waals surface area contributed by atoms with Crippen molar-refractivity contribution >= 4 is 34.8 Å². The van der Waals surface area contributed by atoms with Crippen LogP contribution in [0.25, 0.3) is 11.3 Å². The molecule has 2 amide bonds. The van der Waals surface area contributed by atoms with Gasteiger partial charge in [-0.3, -0.25) is 20.1 Å². The number of aryl methyl sites for hydroxylation is 1. The van der Waals surface area contributed by atoms with Crippen LogP contribution in [0, 0.1) is 10.1 Å². The Morgan fingerprint density at radius 1 is 1.15 bits per heavy atom. The second-order valence-corrected chi connectivity index (χ2v) is 5.81. The van der Waals surface area contributed by atoms with Crippen LogP contribution in [0.1, 0.15) is 0 Å². The Morgan fingerprint density at radius 3 is 2.58 bits per heavy atom. The third-order valence-electron chi connectivity index (χ3n) is 3.59. The molecule has 3 rings (SSSR count). The third kappa shape index (κ3) is 3.81. The number of amides is 2. The van der Waals surface area contributed by atoms with E-state index in [9.17, 15) is 14.9 Å². The van der Waals surface area contributed by atoms with Crippen molar-refractivity contribution in [2.75, 3.05) is 10.6 Å². The molecule has 0 unspecified atom stereocenters. The monoisotopic (exact) mass is 371 g/mol. The van der Waals surface area contributed by atoms with Crippen molar-refractivity contribution in [2.24, 2.45) is 7.05 Å². The number of urea groups is 1. The predicted octanol–water partition coefficient (Wildman–Crippen LogP) is 4.29. The molecule has 0 saturated heterocycles. The van der Waals surface area contributed by atoms with Gasteiger partial charge in [0, 0.05) is 24.9 Å². The molecule has 9 heteroatoms. The molecule has 0 aliphatic carbocycles. The van der Waals surface area contributed by atoms with Crippen LogP contribution >= 0.6 is 11.6 Å². The number of hydrogen-bond acceptors (Lipinski definition) is 4. The van der Waals surface area contributed by atoms with Gasteiger partial charge in [0.25, 0.3) is 5.69 Å². The Hall–Kier alpha value is -3.39. The average Bonchev–Trinajstić information content (AvgIpc) is 2.97. The highest BCUT2D eigenvalue weighted by molar-refractivity contribution is 6.32. The largest absolute Gasteiger partial charge is 0.324 e. The van der Waals surface area contributed by atoms with Crippen LogP contribution in [-0.2, 0) is 7.05 Å². The van der Waals surface area contributed by atoms with Gasteiger partial charge in [0.2, 0.25) is 0 Å². The second kappa shape index (κ2) is 7.24. The van der Waals surface area contributed by atoms with Crippen LogP contribution < -0.4 is 10.6 Å². The lowest BCUT2D eigenvalue weighted by Gasteiger charge is -2.05. The minimum Gasteiger partial charge on any atom is -0.307 e. The first-order chi connectivity index (χ1) is 12.4. The third-order valence-corrected chi connectivity index (χ3v) is 3.91. The molecule has 0 aliphatic rings. The van der Waals surface area contributed by atoms with Gasteiger partial charge >= 0.3 is 6.03 Å². The first kappa shape index (κ1) is 17.4. The number of carbonyl (C=O) groups is 1. The first-order valence-corrected chi connectivity index (χ1v) is 7.93. The van der Waals surface area contributed by atoms with Gasteiger partial charge in [-0.25, -0.2) is 4.79 Å². The summed E-state index contributed by atoms with van der Waals surface area (Å²) in [7, 11) is 1.77. The Kier molecular flexibility index (Phi) is 4.85. The maximum atomic E-state index is 12.1. The molecule has 0 fully saturated rings. The van der Waals surface area contributed by atoms with Crippen molar-refractivity contribution < 1.29 is 9.72 Å². The highest BCUT2D eigenvalue weighted by Gasteiger charge is 2.15. The molecule has 132 valence electrons. The van der Waals surface area contributed by atoms with Crippen molar-refractivity contribution in [3.8, 4) is 11.3 Å². The molecule has 26 heavy (non-hydrogen) atoms. The number of benzene rings is 2. The normalized spacial score (nSPS) is 10.4. The lowest BCUT2D eigenvalue weighted by molar-refractivity contribution is -0.384. The van der Waals surface area contributed by atoms with Crippen LogP contribution in [0.4, 0.5) is 22.0 Å². The maximum absolute atomic E-state index is 12.1. The van der Waals surface area contributed by atoms with E-state index in [0.717, 1.165) is 11.3 Å². The average molecular weight is 372 g/mol. The molecular formula is C17H14ClN5O3. The van der Waals surface area contributed by atoms with Gasteiger partial charge in [-0.2, -0.15) is 5.10 Å². The highest BCUT2D eigenvalue weighted by Crippen LogP contribution is 2.27. The lowest BCUT2D eigenvalue weighted by atomic mass is 10.1. The molecule has 0 atom stereocenters. The molecule has 0 spiro atoms.